The van der Waals surface area contributed by atoms with Crippen LogP contribution >= 0.6 is 50.5 Å². The van der Waals surface area contributed by atoms with Crippen molar-refractivity contribution in [3.8, 4) is 17.0 Å². The second kappa shape index (κ2) is 10.3. The average Bonchev–Trinajstić information content (AvgIpc) is 3.25. The van der Waals surface area contributed by atoms with E-state index in [1.807, 2.05) is 60.0 Å². The van der Waals surface area contributed by atoms with Gasteiger partial charge >= 0.3 is 0 Å². The third-order valence-corrected chi connectivity index (χ3v) is 6.27. The van der Waals surface area contributed by atoms with E-state index in [-0.39, 0.29) is 0 Å². The average molecular weight is 533 g/mol. The van der Waals surface area contributed by atoms with E-state index in [0.717, 1.165) is 26.9 Å². The zero-order valence-corrected chi connectivity index (χ0v) is 20.0. The largest absolute Gasteiger partial charge is 0.488 e. The maximum Gasteiger partial charge on any atom is 0.203 e. The molecule has 0 aliphatic heterocycles. The highest BCUT2D eigenvalue weighted by molar-refractivity contribution is 9.10. The van der Waals surface area contributed by atoms with Gasteiger partial charge in [0, 0.05) is 21.0 Å². The van der Waals surface area contributed by atoms with Gasteiger partial charge in [-0.15, -0.1) is 11.3 Å². The van der Waals surface area contributed by atoms with Crippen molar-refractivity contribution in [2.45, 2.75) is 6.61 Å². The van der Waals surface area contributed by atoms with Crippen LogP contribution in [-0.2, 0) is 6.61 Å². The van der Waals surface area contributed by atoms with Crippen LogP contribution in [0.1, 0.15) is 11.1 Å². The van der Waals surface area contributed by atoms with Crippen molar-refractivity contribution in [2.24, 2.45) is 5.10 Å². The SMILES string of the molecule is Clc1ccc(COc2ccc(Br)cc2C=NNc2nc(-c3ccccc3)cs2)cc1Cl. The Balaban J connectivity index is 1.44. The van der Waals surface area contributed by atoms with Gasteiger partial charge < -0.3 is 4.74 Å². The second-order valence-electron chi connectivity index (χ2n) is 6.49. The summed E-state index contributed by atoms with van der Waals surface area (Å²) < 4.78 is 6.91. The summed E-state index contributed by atoms with van der Waals surface area (Å²) in [5.41, 5.74) is 6.72. The third-order valence-electron chi connectivity index (χ3n) is 4.29. The lowest BCUT2D eigenvalue weighted by Crippen LogP contribution is -1.99. The van der Waals surface area contributed by atoms with E-state index in [9.17, 15) is 0 Å². The number of ether oxygens (including phenoxy) is 1. The molecule has 0 amide bonds. The van der Waals surface area contributed by atoms with Crippen LogP contribution in [-0.4, -0.2) is 11.2 Å². The van der Waals surface area contributed by atoms with Crippen LogP contribution in [0.3, 0.4) is 0 Å². The third kappa shape index (κ3) is 5.86. The Morgan fingerprint density at radius 2 is 1.87 bits per heavy atom. The van der Waals surface area contributed by atoms with Crippen molar-refractivity contribution in [1.29, 1.82) is 0 Å². The molecule has 3 aromatic carbocycles. The van der Waals surface area contributed by atoms with Gasteiger partial charge in [-0.2, -0.15) is 5.10 Å². The summed E-state index contributed by atoms with van der Waals surface area (Å²) in [4.78, 5) is 4.57. The van der Waals surface area contributed by atoms with Crippen molar-refractivity contribution in [2.75, 3.05) is 5.43 Å². The summed E-state index contributed by atoms with van der Waals surface area (Å²) in [6.45, 7) is 0.361. The van der Waals surface area contributed by atoms with Crippen LogP contribution in [0.5, 0.6) is 5.75 Å². The van der Waals surface area contributed by atoms with Gasteiger partial charge in [-0.3, -0.25) is 5.43 Å². The Morgan fingerprint density at radius 3 is 2.68 bits per heavy atom. The number of rotatable bonds is 7. The van der Waals surface area contributed by atoms with Gasteiger partial charge in [0.15, 0.2) is 0 Å². The normalized spacial score (nSPS) is 11.1. The summed E-state index contributed by atoms with van der Waals surface area (Å²) in [6, 6.07) is 21.2. The number of anilines is 1. The molecule has 31 heavy (non-hydrogen) atoms. The van der Waals surface area contributed by atoms with Crippen molar-refractivity contribution in [3.05, 3.63) is 97.8 Å². The molecule has 0 aliphatic carbocycles. The Labute approximate surface area is 202 Å². The van der Waals surface area contributed by atoms with Crippen LogP contribution in [0.25, 0.3) is 11.3 Å². The summed E-state index contributed by atoms with van der Waals surface area (Å²) in [7, 11) is 0. The Morgan fingerprint density at radius 1 is 1.03 bits per heavy atom. The predicted molar refractivity (Wildman–Crippen MR) is 134 cm³/mol. The van der Waals surface area contributed by atoms with Crippen LogP contribution in [0, 0.1) is 0 Å². The number of hydrogen-bond donors (Lipinski definition) is 1. The zero-order chi connectivity index (χ0) is 21.6. The summed E-state index contributed by atoms with van der Waals surface area (Å²) in [5.74, 6) is 0.698. The number of thiazole rings is 1. The molecular formula is C23H16BrCl2N3OS. The monoisotopic (exact) mass is 531 g/mol. The first-order valence-corrected chi connectivity index (χ1v) is 11.7. The molecule has 4 rings (SSSR count). The molecule has 4 aromatic rings. The molecule has 1 N–H and O–H groups in total. The fourth-order valence-electron chi connectivity index (χ4n) is 2.77. The smallest absolute Gasteiger partial charge is 0.203 e. The highest BCUT2D eigenvalue weighted by atomic mass is 79.9. The van der Waals surface area contributed by atoms with Gasteiger partial charge in [0.2, 0.25) is 5.13 Å². The minimum absolute atomic E-state index is 0.361. The van der Waals surface area contributed by atoms with Gasteiger partial charge in [0.1, 0.15) is 12.4 Å². The van der Waals surface area contributed by atoms with E-state index in [2.05, 4.69) is 31.4 Å². The molecule has 0 radical (unpaired) electrons. The topological polar surface area (TPSA) is 46.5 Å². The number of aromatic nitrogens is 1. The molecule has 0 spiro atoms. The Kier molecular flexibility index (Phi) is 7.25. The summed E-state index contributed by atoms with van der Waals surface area (Å²) in [6.07, 6.45) is 1.71. The fourth-order valence-corrected chi connectivity index (χ4v) is 4.13. The summed E-state index contributed by atoms with van der Waals surface area (Å²) >= 11 is 17.1. The second-order valence-corrected chi connectivity index (χ2v) is 9.08. The van der Waals surface area contributed by atoms with Gasteiger partial charge in [0.05, 0.1) is 22.0 Å². The molecule has 0 aliphatic rings. The van der Waals surface area contributed by atoms with Crippen molar-refractivity contribution < 1.29 is 4.74 Å². The van der Waals surface area contributed by atoms with E-state index in [1.54, 1.807) is 18.3 Å². The number of nitrogens with zero attached hydrogens (tertiary/aromatic N) is 2. The molecule has 1 heterocycles. The van der Waals surface area contributed by atoms with Gasteiger partial charge in [-0.25, -0.2) is 4.98 Å². The molecule has 0 fully saturated rings. The number of benzene rings is 3. The first-order chi connectivity index (χ1) is 15.1. The lowest BCUT2D eigenvalue weighted by molar-refractivity contribution is 0.306. The fraction of sp³-hybridized carbons (Fsp3) is 0.0435. The lowest BCUT2D eigenvalue weighted by Gasteiger charge is -2.10. The van der Waals surface area contributed by atoms with Crippen LogP contribution in [0.2, 0.25) is 10.0 Å². The Hall–Kier alpha value is -2.38. The quantitative estimate of drug-likeness (QED) is 0.194. The maximum atomic E-state index is 6.09. The maximum absolute atomic E-state index is 6.09. The van der Waals surface area contributed by atoms with Gasteiger partial charge in [-0.1, -0.05) is 75.5 Å². The molecule has 1 aromatic heterocycles. The van der Waals surface area contributed by atoms with Gasteiger partial charge in [0.25, 0.3) is 0 Å². The molecule has 0 saturated carbocycles. The predicted octanol–water partition coefficient (Wildman–Crippen LogP) is 7.90. The zero-order valence-electron chi connectivity index (χ0n) is 16.1. The highest BCUT2D eigenvalue weighted by Crippen LogP contribution is 2.27. The summed E-state index contributed by atoms with van der Waals surface area (Å²) in [5, 5.41) is 8.07. The number of halogens is 3. The first kappa shape index (κ1) is 21.8. The minimum atomic E-state index is 0.361. The number of nitrogens with one attached hydrogen (secondary N) is 1. The number of hydrogen-bond acceptors (Lipinski definition) is 5. The van der Waals surface area contributed by atoms with Crippen LogP contribution in [0.15, 0.2) is 81.7 Å². The highest BCUT2D eigenvalue weighted by Gasteiger charge is 2.06. The van der Waals surface area contributed by atoms with Crippen molar-refractivity contribution in [3.63, 3.8) is 0 Å². The van der Waals surface area contributed by atoms with Crippen molar-refractivity contribution >= 4 is 61.8 Å². The standard InChI is InChI=1S/C23H16BrCl2N3OS/c24-18-7-9-22(30-13-15-6-8-19(25)20(26)10-15)17(11-18)12-27-29-23-28-21(14-31-23)16-4-2-1-3-5-16/h1-12,14H,13H2,(H,28,29). The lowest BCUT2D eigenvalue weighted by atomic mass is 10.2. The van der Waals surface area contributed by atoms with E-state index >= 15 is 0 Å². The van der Waals surface area contributed by atoms with Crippen LogP contribution < -0.4 is 10.2 Å². The van der Waals surface area contributed by atoms with E-state index < -0.39 is 0 Å². The Bertz CT molecular complexity index is 1210. The molecule has 156 valence electrons. The van der Waals surface area contributed by atoms with Crippen molar-refractivity contribution in [1.82, 2.24) is 4.98 Å². The van der Waals surface area contributed by atoms with E-state index in [4.69, 9.17) is 27.9 Å². The van der Waals surface area contributed by atoms with Gasteiger partial charge in [-0.05, 0) is 35.9 Å². The molecular weight excluding hydrogens is 517 g/mol. The minimum Gasteiger partial charge on any atom is -0.488 e. The first-order valence-electron chi connectivity index (χ1n) is 9.25. The van der Waals surface area contributed by atoms with E-state index in [1.165, 1.54) is 11.3 Å². The molecule has 0 saturated heterocycles. The molecule has 0 atom stereocenters. The molecule has 8 heteroatoms. The van der Waals surface area contributed by atoms with Crippen LogP contribution in [0.4, 0.5) is 5.13 Å². The van der Waals surface area contributed by atoms with E-state index in [0.29, 0.717) is 27.5 Å². The molecule has 4 nitrogen and oxygen atoms in total. The molecule has 0 bridgehead atoms. The molecule has 0 unspecified atom stereocenters. The number of hydrazone groups is 1.